The summed E-state index contributed by atoms with van der Waals surface area (Å²) in [5.74, 6) is -0.0384. The summed E-state index contributed by atoms with van der Waals surface area (Å²) in [6, 6.07) is 14.1. The van der Waals surface area contributed by atoms with Crippen LogP contribution in [0.5, 0.6) is 0 Å². The normalized spacial score (nSPS) is 11.0. The van der Waals surface area contributed by atoms with Crippen molar-refractivity contribution in [2.75, 3.05) is 4.90 Å². The van der Waals surface area contributed by atoms with Crippen LogP contribution in [-0.4, -0.2) is 15.9 Å². The molecule has 0 unspecified atom stereocenters. The van der Waals surface area contributed by atoms with Crippen LogP contribution in [-0.2, 0) is 6.54 Å². The van der Waals surface area contributed by atoms with E-state index in [9.17, 15) is 4.79 Å². The van der Waals surface area contributed by atoms with Crippen molar-refractivity contribution in [1.82, 2.24) is 9.97 Å². The SMILES string of the molecule is Cc1ccc(C)c(C(=O)N(Cc2cccnc2)c2nc3c(C)c(C)ccc3s2)c1. The number of benzene rings is 2. The molecule has 0 radical (unpaired) electrons. The second-order valence-electron chi connectivity index (χ2n) is 7.42. The van der Waals surface area contributed by atoms with E-state index in [1.807, 2.05) is 44.2 Å². The molecule has 4 nitrogen and oxygen atoms in total. The van der Waals surface area contributed by atoms with Gasteiger partial charge < -0.3 is 0 Å². The highest BCUT2D eigenvalue weighted by molar-refractivity contribution is 7.22. The van der Waals surface area contributed by atoms with Crippen molar-refractivity contribution in [3.05, 3.63) is 88.2 Å². The monoisotopic (exact) mass is 401 g/mol. The predicted molar refractivity (Wildman–Crippen MR) is 120 cm³/mol. The first kappa shape index (κ1) is 19.3. The number of aryl methyl sites for hydroxylation is 4. The Morgan fingerprint density at radius 1 is 1.03 bits per heavy atom. The second-order valence-corrected chi connectivity index (χ2v) is 8.43. The fourth-order valence-corrected chi connectivity index (χ4v) is 4.36. The second kappa shape index (κ2) is 7.76. The lowest BCUT2D eigenvalue weighted by molar-refractivity contribution is 0.0984. The van der Waals surface area contributed by atoms with Crippen LogP contribution in [0, 0.1) is 27.7 Å². The Kier molecular flexibility index (Phi) is 5.16. The molecule has 0 fully saturated rings. The van der Waals surface area contributed by atoms with Crippen LogP contribution in [0.2, 0.25) is 0 Å². The summed E-state index contributed by atoms with van der Waals surface area (Å²) in [7, 11) is 0. The highest BCUT2D eigenvalue weighted by Crippen LogP contribution is 2.33. The molecule has 0 aliphatic rings. The van der Waals surface area contributed by atoms with E-state index in [0.29, 0.717) is 17.2 Å². The van der Waals surface area contributed by atoms with E-state index in [1.54, 1.807) is 28.6 Å². The number of anilines is 1. The molecule has 29 heavy (non-hydrogen) atoms. The van der Waals surface area contributed by atoms with Gasteiger partial charge in [0.15, 0.2) is 5.13 Å². The number of thiazole rings is 1. The average molecular weight is 402 g/mol. The van der Waals surface area contributed by atoms with E-state index in [-0.39, 0.29) is 5.91 Å². The number of carbonyl (C=O) groups is 1. The summed E-state index contributed by atoms with van der Waals surface area (Å²) in [5, 5.41) is 0.712. The van der Waals surface area contributed by atoms with Gasteiger partial charge in [-0.15, -0.1) is 0 Å². The van der Waals surface area contributed by atoms with Gasteiger partial charge in [0, 0.05) is 18.0 Å². The first-order chi connectivity index (χ1) is 13.9. The Hall–Kier alpha value is -3.05. The maximum absolute atomic E-state index is 13.6. The molecule has 0 bridgehead atoms. The van der Waals surface area contributed by atoms with Crippen molar-refractivity contribution >= 4 is 32.6 Å². The van der Waals surface area contributed by atoms with Crippen LogP contribution in [0.15, 0.2) is 54.9 Å². The number of hydrogen-bond acceptors (Lipinski definition) is 4. The summed E-state index contributed by atoms with van der Waals surface area (Å²) in [6.45, 7) is 8.58. The lowest BCUT2D eigenvalue weighted by Gasteiger charge is -2.21. The minimum atomic E-state index is -0.0384. The summed E-state index contributed by atoms with van der Waals surface area (Å²) < 4.78 is 1.09. The number of pyridine rings is 1. The van der Waals surface area contributed by atoms with Gasteiger partial charge in [0.25, 0.3) is 5.91 Å². The van der Waals surface area contributed by atoms with E-state index < -0.39 is 0 Å². The van der Waals surface area contributed by atoms with Crippen LogP contribution in [0.3, 0.4) is 0 Å². The molecule has 0 atom stereocenters. The lowest BCUT2D eigenvalue weighted by atomic mass is 10.0. The molecule has 5 heteroatoms. The zero-order valence-corrected chi connectivity index (χ0v) is 17.9. The van der Waals surface area contributed by atoms with E-state index in [0.717, 1.165) is 32.5 Å². The Morgan fingerprint density at radius 2 is 1.83 bits per heavy atom. The standard InChI is InChI=1S/C24H23N3OS/c1-15-7-8-17(3)20(12-15)23(28)27(14-19-6-5-11-25-13-19)24-26-22-18(4)16(2)9-10-21(22)29-24/h5-13H,14H2,1-4H3. The van der Waals surface area contributed by atoms with Crippen LogP contribution in [0.25, 0.3) is 10.2 Å². The van der Waals surface area contributed by atoms with Gasteiger partial charge in [0.1, 0.15) is 0 Å². The van der Waals surface area contributed by atoms with Crippen LogP contribution < -0.4 is 4.90 Å². The number of fused-ring (bicyclic) bond motifs is 1. The molecule has 2 aromatic heterocycles. The highest BCUT2D eigenvalue weighted by atomic mass is 32.1. The third-order valence-corrected chi connectivity index (χ3v) is 6.28. The minimum Gasteiger partial charge on any atom is -0.279 e. The number of hydrogen-bond donors (Lipinski definition) is 0. The minimum absolute atomic E-state index is 0.0384. The smallest absolute Gasteiger partial charge is 0.260 e. The maximum Gasteiger partial charge on any atom is 0.260 e. The quantitative estimate of drug-likeness (QED) is 0.436. The Bertz CT molecular complexity index is 1200. The highest BCUT2D eigenvalue weighted by Gasteiger charge is 2.23. The molecule has 2 heterocycles. The first-order valence-electron chi connectivity index (χ1n) is 9.59. The molecule has 4 aromatic rings. The van der Waals surface area contributed by atoms with Gasteiger partial charge in [-0.1, -0.05) is 41.2 Å². The number of aromatic nitrogens is 2. The lowest BCUT2D eigenvalue weighted by Crippen LogP contribution is -2.31. The summed E-state index contributed by atoms with van der Waals surface area (Å²) >= 11 is 1.55. The van der Waals surface area contributed by atoms with E-state index in [2.05, 4.69) is 31.0 Å². The molecular weight excluding hydrogens is 378 g/mol. The largest absolute Gasteiger partial charge is 0.279 e. The van der Waals surface area contributed by atoms with Crippen molar-refractivity contribution < 1.29 is 4.79 Å². The average Bonchev–Trinajstić information content (AvgIpc) is 3.16. The van der Waals surface area contributed by atoms with Crippen LogP contribution in [0.1, 0.15) is 38.2 Å². The van der Waals surface area contributed by atoms with Crippen LogP contribution in [0.4, 0.5) is 5.13 Å². The molecule has 146 valence electrons. The Morgan fingerprint density at radius 3 is 2.59 bits per heavy atom. The number of carbonyl (C=O) groups excluding carboxylic acids is 1. The zero-order chi connectivity index (χ0) is 20.5. The molecule has 0 N–H and O–H groups in total. The fraction of sp³-hybridized carbons (Fsp3) is 0.208. The van der Waals surface area contributed by atoms with Gasteiger partial charge in [-0.2, -0.15) is 0 Å². The molecule has 4 rings (SSSR count). The van der Waals surface area contributed by atoms with Crippen molar-refractivity contribution in [3.8, 4) is 0 Å². The number of nitrogens with zero attached hydrogens (tertiary/aromatic N) is 3. The third kappa shape index (κ3) is 3.78. The topological polar surface area (TPSA) is 46.1 Å². The van der Waals surface area contributed by atoms with Gasteiger partial charge in [-0.3, -0.25) is 14.7 Å². The maximum atomic E-state index is 13.6. The van der Waals surface area contributed by atoms with Gasteiger partial charge >= 0.3 is 0 Å². The van der Waals surface area contributed by atoms with E-state index in [4.69, 9.17) is 4.98 Å². The number of rotatable bonds is 4. The molecule has 0 aliphatic carbocycles. The zero-order valence-electron chi connectivity index (χ0n) is 17.1. The van der Waals surface area contributed by atoms with Crippen LogP contribution >= 0.6 is 11.3 Å². The molecule has 0 saturated heterocycles. The van der Waals surface area contributed by atoms with Crippen molar-refractivity contribution in [2.24, 2.45) is 0 Å². The van der Waals surface area contributed by atoms with Crippen molar-refractivity contribution in [1.29, 1.82) is 0 Å². The van der Waals surface area contributed by atoms with Gasteiger partial charge in [0.2, 0.25) is 0 Å². The van der Waals surface area contributed by atoms with Gasteiger partial charge in [-0.25, -0.2) is 4.98 Å². The van der Waals surface area contributed by atoms with Crippen molar-refractivity contribution in [2.45, 2.75) is 34.2 Å². The summed E-state index contributed by atoms with van der Waals surface area (Å²) in [6.07, 6.45) is 3.54. The van der Waals surface area contributed by atoms with Crippen molar-refractivity contribution in [3.63, 3.8) is 0 Å². The molecular formula is C24H23N3OS. The molecule has 0 aliphatic heterocycles. The predicted octanol–water partition coefficient (Wildman–Crippen LogP) is 5.77. The fourth-order valence-electron chi connectivity index (χ4n) is 3.34. The first-order valence-corrected chi connectivity index (χ1v) is 10.4. The molecule has 2 aromatic carbocycles. The third-order valence-electron chi connectivity index (χ3n) is 5.24. The van der Waals surface area contributed by atoms with Gasteiger partial charge in [-0.05, 0) is 68.1 Å². The molecule has 0 spiro atoms. The Balaban J connectivity index is 1.83. The Labute approximate surface area is 174 Å². The van der Waals surface area contributed by atoms with E-state index in [1.165, 1.54) is 5.56 Å². The molecule has 1 amide bonds. The summed E-state index contributed by atoms with van der Waals surface area (Å²) in [4.78, 5) is 24.5. The van der Waals surface area contributed by atoms with E-state index >= 15 is 0 Å². The molecule has 0 saturated carbocycles. The number of amides is 1. The summed E-state index contributed by atoms with van der Waals surface area (Å²) in [5.41, 5.74) is 7.04. The van der Waals surface area contributed by atoms with Gasteiger partial charge in [0.05, 0.1) is 16.8 Å².